The van der Waals surface area contributed by atoms with E-state index < -0.39 is 6.10 Å². The second kappa shape index (κ2) is 7.25. The Kier molecular flexibility index (Phi) is 5.37. The first-order valence-electron chi connectivity index (χ1n) is 7.30. The standard InChI is InChI=1S/C18H23NO2/c1-13(2)16-5-3-4-6-18(16)21-12-17(20)15-9-7-14(11-19)8-10-15/h3-10,13,17,20H,11-12,19H2,1-2H3. The largest absolute Gasteiger partial charge is 0.490 e. The van der Waals surface area contributed by atoms with Crippen LogP contribution in [-0.4, -0.2) is 11.7 Å². The number of hydrogen-bond donors (Lipinski definition) is 2. The summed E-state index contributed by atoms with van der Waals surface area (Å²) in [6, 6.07) is 15.6. The van der Waals surface area contributed by atoms with E-state index in [1.165, 1.54) is 0 Å². The van der Waals surface area contributed by atoms with Crippen molar-refractivity contribution < 1.29 is 9.84 Å². The molecular weight excluding hydrogens is 262 g/mol. The topological polar surface area (TPSA) is 55.5 Å². The minimum absolute atomic E-state index is 0.242. The fraction of sp³-hybridized carbons (Fsp3) is 0.333. The van der Waals surface area contributed by atoms with E-state index in [4.69, 9.17) is 10.5 Å². The van der Waals surface area contributed by atoms with Gasteiger partial charge in [0.1, 0.15) is 18.5 Å². The molecule has 112 valence electrons. The van der Waals surface area contributed by atoms with E-state index in [-0.39, 0.29) is 6.61 Å². The summed E-state index contributed by atoms with van der Waals surface area (Å²) < 4.78 is 5.80. The summed E-state index contributed by atoms with van der Waals surface area (Å²) in [4.78, 5) is 0. The van der Waals surface area contributed by atoms with Crippen LogP contribution in [0, 0.1) is 0 Å². The molecule has 3 N–H and O–H groups in total. The molecule has 0 heterocycles. The quantitative estimate of drug-likeness (QED) is 0.855. The van der Waals surface area contributed by atoms with Gasteiger partial charge in [-0.05, 0) is 28.7 Å². The molecule has 0 saturated carbocycles. The SMILES string of the molecule is CC(C)c1ccccc1OCC(O)c1ccc(CN)cc1. The van der Waals surface area contributed by atoms with Crippen molar-refractivity contribution >= 4 is 0 Å². The molecule has 0 spiro atoms. The van der Waals surface area contributed by atoms with Gasteiger partial charge in [0.05, 0.1) is 0 Å². The van der Waals surface area contributed by atoms with Crippen molar-refractivity contribution in [2.24, 2.45) is 5.73 Å². The van der Waals surface area contributed by atoms with Crippen LogP contribution in [0.25, 0.3) is 0 Å². The number of ether oxygens (including phenoxy) is 1. The number of aliphatic hydroxyl groups is 1. The molecule has 3 nitrogen and oxygen atoms in total. The lowest BCUT2D eigenvalue weighted by Crippen LogP contribution is -2.11. The highest BCUT2D eigenvalue weighted by Gasteiger charge is 2.11. The normalized spacial score (nSPS) is 12.4. The lowest BCUT2D eigenvalue weighted by molar-refractivity contribution is 0.107. The molecule has 0 aliphatic carbocycles. The predicted octanol–water partition coefficient (Wildman–Crippen LogP) is 3.38. The summed E-state index contributed by atoms with van der Waals surface area (Å²) in [6.45, 7) is 5.01. The monoisotopic (exact) mass is 285 g/mol. The van der Waals surface area contributed by atoms with Crippen LogP contribution in [0.4, 0.5) is 0 Å². The summed E-state index contributed by atoms with van der Waals surface area (Å²) in [6.07, 6.45) is -0.642. The molecule has 0 saturated heterocycles. The maximum absolute atomic E-state index is 10.2. The molecule has 1 unspecified atom stereocenters. The fourth-order valence-corrected chi connectivity index (χ4v) is 2.23. The van der Waals surface area contributed by atoms with Gasteiger partial charge >= 0.3 is 0 Å². The van der Waals surface area contributed by atoms with Gasteiger partial charge in [0.25, 0.3) is 0 Å². The van der Waals surface area contributed by atoms with Crippen molar-refractivity contribution in [3.05, 3.63) is 65.2 Å². The number of aliphatic hydroxyl groups excluding tert-OH is 1. The Morgan fingerprint density at radius 2 is 1.71 bits per heavy atom. The fourth-order valence-electron chi connectivity index (χ4n) is 2.23. The Hall–Kier alpha value is -1.84. The second-order valence-electron chi connectivity index (χ2n) is 5.47. The average molecular weight is 285 g/mol. The summed E-state index contributed by atoms with van der Waals surface area (Å²) >= 11 is 0. The van der Waals surface area contributed by atoms with Crippen molar-refractivity contribution in [2.45, 2.75) is 32.4 Å². The lowest BCUT2D eigenvalue weighted by Gasteiger charge is -2.17. The third-order valence-electron chi connectivity index (χ3n) is 3.54. The minimum atomic E-state index is -0.642. The third kappa shape index (κ3) is 4.06. The van der Waals surface area contributed by atoms with Crippen LogP contribution in [0.3, 0.4) is 0 Å². The van der Waals surface area contributed by atoms with Crippen LogP contribution in [0.1, 0.15) is 42.6 Å². The van der Waals surface area contributed by atoms with Crippen molar-refractivity contribution in [1.82, 2.24) is 0 Å². The van der Waals surface area contributed by atoms with Crippen LogP contribution in [0.5, 0.6) is 5.75 Å². The van der Waals surface area contributed by atoms with Gasteiger partial charge < -0.3 is 15.6 Å². The van der Waals surface area contributed by atoms with Gasteiger partial charge in [-0.25, -0.2) is 0 Å². The first-order valence-corrected chi connectivity index (χ1v) is 7.30. The van der Waals surface area contributed by atoms with Crippen molar-refractivity contribution in [3.63, 3.8) is 0 Å². The highest BCUT2D eigenvalue weighted by Crippen LogP contribution is 2.27. The maximum atomic E-state index is 10.2. The van der Waals surface area contributed by atoms with E-state index in [1.807, 2.05) is 42.5 Å². The van der Waals surface area contributed by atoms with Crippen LogP contribution in [-0.2, 0) is 6.54 Å². The van der Waals surface area contributed by atoms with Gasteiger partial charge in [-0.3, -0.25) is 0 Å². The Morgan fingerprint density at radius 3 is 2.33 bits per heavy atom. The van der Waals surface area contributed by atoms with Crippen LogP contribution < -0.4 is 10.5 Å². The molecule has 0 fully saturated rings. The summed E-state index contributed by atoms with van der Waals surface area (Å²) in [5.41, 5.74) is 8.62. The minimum Gasteiger partial charge on any atom is -0.490 e. The molecule has 2 aromatic rings. The van der Waals surface area contributed by atoms with Gasteiger partial charge in [0.15, 0.2) is 0 Å². The predicted molar refractivity (Wildman–Crippen MR) is 85.3 cm³/mol. The number of nitrogens with two attached hydrogens (primary N) is 1. The molecule has 1 atom stereocenters. The first kappa shape index (κ1) is 15.5. The van der Waals surface area contributed by atoms with Crippen molar-refractivity contribution in [3.8, 4) is 5.75 Å². The maximum Gasteiger partial charge on any atom is 0.122 e. The molecule has 0 amide bonds. The average Bonchev–Trinajstić information content (AvgIpc) is 2.52. The Bertz CT molecular complexity index is 564. The van der Waals surface area contributed by atoms with E-state index >= 15 is 0 Å². The summed E-state index contributed by atoms with van der Waals surface area (Å²) in [5.74, 6) is 1.23. The van der Waals surface area contributed by atoms with Crippen LogP contribution in [0.15, 0.2) is 48.5 Å². The molecule has 0 radical (unpaired) electrons. The van der Waals surface area contributed by atoms with E-state index in [9.17, 15) is 5.11 Å². The van der Waals surface area contributed by atoms with Gasteiger partial charge in [-0.1, -0.05) is 56.3 Å². The molecule has 0 aromatic heterocycles. The number of benzene rings is 2. The first-order chi connectivity index (χ1) is 10.1. The Balaban J connectivity index is 2.02. The smallest absolute Gasteiger partial charge is 0.122 e. The number of hydrogen-bond acceptors (Lipinski definition) is 3. The van der Waals surface area contributed by atoms with Crippen molar-refractivity contribution in [1.29, 1.82) is 0 Å². The molecule has 21 heavy (non-hydrogen) atoms. The van der Waals surface area contributed by atoms with Gasteiger partial charge in [0.2, 0.25) is 0 Å². The number of rotatable bonds is 6. The van der Waals surface area contributed by atoms with E-state index in [0.29, 0.717) is 12.5 Å². The highest BCUT2D eigenvalue weighted by atomic mass is 16.5. The third-order valence-corrected chi connectivity index (χ3v) is 3.54. The van der Waals surface area contributed by atoms with Gasteiger partial charge in [0, 0.05) is 6.54 Å². The van der Waals surface area contributed by atoms with Gasteiger partial charge in [-0.2, -0.15) is 0 Å². The zero-order valence-electron chi connectivity index (χ0n) is 12.6. The van der Waals surface area contributed by atoms with Gasteiger partial charge in [-0.15, -0.1) is 0 Å². The summed E-state index contributed by atoms with van der Waals surface area (Å²) in [7, 11) is 0. The van der Waals surface area contributed by atoms with E-state index in [1.54, 1.807) is 0 Å². The molecule has 0 aliphatic heterocycles. The highest BCUT2D eigenvalue weighted by molar-refractivity contribution is 5.35. The Morgan fingerprint density at radius 1 is 1.05 bits per heavy atom. The molecule has 2 rings (SSSR count). The van der Waals surface area contributed by atoms with Crippen molar-refractivity contribution in [2.75, 3.05) is 6.61 Å². The van der Waals surface area contributed by atoms with Crippen LogP contribution >= 0.6 is 0 Å². The van der Waals surface area contributed by atoms with E-state index in [2.05, 4.69) is 19.9 Å². The van der Waals surface area contributed by atoms with E-state index in [0.717, 1.165) is 22.4 Å². The molecule has 3 heteroatoms. The number of para-hydroxylation sites is 1. The molecule has 0 bridgehead atoms. The second-order valence-corrected chi connectivity index (χ2v) is 5.47. The summed E-state index contributed by atoms with van der Waals surface area (Å²) in [5, 5.41) is 10.2. The van der Waals surface area contributed by atoms with Crippen LogP contribution in [0.2, 0.25) is 0 Å². The molecule has 0 aliphatic rings. The zero-order chi connectivity index (χ0) is 15.2. The zero-order valence-corrected chi connectivity index (χ0v) is 12.6. The Labute approximate surface area is 126 Å². The lowest BCUT2D eigenvalue weighted by atomic mass is 10.0. The molecule has 2 aromatic carbocycles. The molecular formula is C18H23NO2.